The number of hydrogen-bond acceptors (Lipinski definition) is 5. The molecular weight excluding hydrogens is 333 g/mol. The normalized spacial score (nSPS) is 18.3. The maximum Gasteiger partial charge on any atom is 0.239 e. The van der Waals surface area contributed by atoms with Crippen LogP contribution < -0.4 is 10.6 Å². The van der Waals surface area contributed by atoms with Gasteiger partial charge in [0.05, 0.1) is 25.5 Å². The second-order valence-electron chi connectivity index (χ2n) is 5.68. The molecule has 0 bridgehead atoms. The van der Waals surface area contributed by atoms with Crippen molar-refractivity contribution in [2.75, 3.05) is 19.8 Å². The monoisotopic (exact) mass is 355 g/mol. The minimum absolute atomic E-state index is 0. The lowest BCUT2D eigenvalue weighted by molar-refractivity contribution is -0.126. The molecule has 1 atom stereocenters. The summed E-state index contributed by atoms with van der Waals surface area (Å²) < 4.78 is 5.27. The number of ether oxygens (including phenoxy) is 1. The first-order valence-corrected chi connectivity index (χ1v) is 7.38. The Balaban J connectivity index is 0.00000200. The number of hydrogen-bond donors (Lipinski definition) is 2. The quantitative estimate of drug-likeness (QED) is 0.868. The molecule has 8 heteroatoms. The van der Waals surface area contributed by atoms with Gasteiger partial charge < -0.3 is 15.4 Å². The van der Waals surface area contributed by atoms with Crippen molar-refractivity contribution in [2.45, 2.75) is 38.8 Å². The van der Waals surface area contributed by atoms with Crippen LogP contribution >= 0.6 is 36.2 Å². The van der Waals surface area contributed by atoms with Crippen LogP contribution in [0.3, 0.4) is 0 Å². The summed E-state index contributed by atoms with van der Waals surface area (Å²) in [6.45, 7) is 8.72. The number of halogens is 2. The van der Waals surface area contributed by atoms with Gasteiger partial charge in [0.1, 0.15) is 11.0 Å². The van der Waals surface area contributed by atoms with Crippen LogP contribution in [-0.2, 0) is 21.5 Å². The minimum Gasteiger partial charge on any atom is -0.378 e. The van der Waals surface area contributed by atoms with E-state index < -0.39 is 0 Å². The third-order valence-corrected chi connectivity index (χ3v) is 3.82. The van der Waals surface area contributed by atoms with Crippen molar-refractivity contribution in [2.24, 2.45) is 0 Å². The van der Waals surface area contributed by atoms with E-state index in [0.717, 1.165) is 17.2 Å². The minimum atomic E-state index is -0.240. The molecule has 5 nitrogen and oxygen atoms in total. The number of nitrogens with zero attached hydrogens (tertiary/aromatic N) is 1. The molecule has 1 aromatic rings. The van der Waals surface area contributed by atoms with Gasteiger partial charge in [-0.1, -0.05) is 20.8 Å². The molecule has 0 radical (unpaired) electrons. The first-order valence-electron chi connectivity index (χ1n) is 6.50. The van der Waals surface area contributed by atoms with Crippen LogP contribution in [0.1, 0.15) is 31.5 Å². The van der Waals surface area contributed by atoms with Gasteiger partial charge in [-0.05, 0) is 0 Å². The van der Waals surface area contributed by atoms with E-state index in [2.05, 4.69) is 41.8 Å². The van der Waals surface area contributed by atoms with Gasteiger partial charge in [-0.15, -0.1) is 36.2 Å². The molecule has 1 aliphatic heterocycles. The van der Waals surface area contributed by atoms with Crippen LogP contribution in [0.25, 0.3) is 0 Å². The molecule has 2 N–H and O–H groups in total. The van der Waals surface area contributed by atoms with E-state index in [0.29, 0.717) is 19.8 Å². The summed E-state index contributed by atoms with van der Waals surface area (Å²) in [4.78, 5) is 16.4. The van der Waals surface area contributed by atoms with Crippen molar-refractivity contribution < 1.29 is 9.53 Å². The maximum absolute atomic E-state index is 11.9. The van der Waals surface area contributed by atoms with Crippen LogP contribution in [0.4, 0.5) is 0 Å². The molecule has 1 unspecified atom stereocenters. The van der Waals surface area contributed by atoms with Gasteiger partial charge in [0.15, 0.2) is 0 Å². The van der Waals surface area contributed by atoms with Gasteiger partial charge in [-0.2, -0.15) is 0 Å². The average Bonchev–Trinajstić information content (AvgIpc) is 2.86. The lowest BCUT2D eigenvalue weighted by atomic mass is 9.93. The van der Waals surface area contributed by atoms with Gasteiger partial charge in [0.2, 0.25) is 5.91 Å². The summed E-state index contributed by atoms with van der Waals surface area (Å²) in [6, 6.07) is -0.240. The van der Waals surface area contributed by atoms with Crippen LogP contribution in [0, 0.1) is 0 Å². The average molecular weight is 356 g/mol. The molecule has 122 valence electrons. The summed E-state index contributed by atoms with van der Waals surface area (Å²) in [6.07, 6.45) is 0. The number of rotatable bonds is 3. The highest BCUT2D eigenvalue weighted by molar-refractivity contribution is 7.09. The van der Waals surface area contributed by atoms with Crippen molar-refractivity contribution >= 4 is 42.1 Å². The zero-order valence-corrected chi connectivity index (χ0v) is 14.9. The molecule has 0 saturated carbocycles. The van der Waals surface area contributed by atoms with Gasteiger partial charge in [-0.25, -0.2) is 4.98 Å². The number of morpholine rings is 1. The Morgan fingerprint density at radius 3 is 2.76 bits per heavy atom. The molecule has 0 spiro atoms. The topological polar surface area (TPSA) is 63.2 Å². The predicted octanol–water partition coefficient (Wildman–Crippen LogP) is 1.89. The van der Waals surface area contributed by atoms with E-state index in [1.165, 1.54) is 0 Å². The molecular formula is C13H23Cl2N3O2S. The number of carbonyl (C=O) groups is 1. The Bertz CT molecular complexity index is 443. The van der Waals surface area contributed by atoms with Crippen LogP contribution in [0.15, 0.2) is 5.38 Å². The van der Waals surface area contributed by atoms with Crippen molar-refractivity contribution in [3.05, 3.63) is 16.1 Å². The molecule has 2 rings (SSSR count). The lowest BCUT2D eigenvalue weighted by Crippen LogP contribution is -2.51. The summed E-state index contributed by atoms with van der Waals surface area (Å²) in [5.74, 6) is -0.0211. The zero-order valence-electron chi connectivity index (χ0n) is 12.5. The van der Waals surface area contributed by atoms with Crippen molar-refractivity contribution in [1.82, 2.24) is 15.6 Å². The third-order valence-electron chi connectivity index (χ3n) is 2.97. The molecule has 1 aliphatic rings. The van der Waals surface area contributed by atoms with E-state index in [4.69, 9.17) is 4.74 Å². The first-order chi connectivity index (χ1) is 8.97. The second-order valence-corrected chi connectivity index (χ2v) is 6.62. The highest BCUT2D eigenvalue weighted by Crippen LogP contribution is 2.23. The fourth-order valence-electron chi connectivity index (χ4n) is 1.76. The van der Waals surface area contributed by atoms with Crippen LogP contribution in [0.5, 0.6) is 0 Å². The largest absolute Gasteiger partial charge is 0.378 e. The standard InChI is InChI=1S/C13H21N3O2S.2ClH/c1-13(2,3)10-8-19-11(16-10)6-15-12(17)9-7-18-5-4-14-9;;/h8-9,14H,4-7H2,1-3H3,(H,15,17);2*1H. The van der Waals surface area contributed by atoms with E-state index in [9.17, 15) is 4.79 Å². The summed E-state index contributed by atoms with van der Waals surface area (Å²) in [5, 5.41) is 9.03. The van der Waals surface area contributed by atoms with Crippen LogP contribution in [0.2, 0.25) is 0 Å². The summed E-state index contributed by atoms with van der Waals surface area (Å²) >= 11 is 1.59. The Morgan fingerprint density at radius 2 is 2.24 bits per heavy atom. The zero-order chi connectivity index (χ0) is 13.9. The molecule has 1 saturated heterocycles. The lowest BCUT2D eigenvalue weighted by Gasteiger charge is -2.22. The Morgan fingerprint density at radius 1 is 1.52 bits per heavy atom. The third kappa shape index (κ3) is 6.08. The predicted molar refractivity (Wildman–Crippen MR) is 89.8 cm³/mol. The Kier molecular flexibility index (Phi) is 8.73. The Hall–Kier alpha value is -0.400. The van der Waals surface area contributed by atoms with Gasteiger partial charge in [-0.3, -0.25) is 4.79 Å². The van der Waals surface area contributed by atoms with E-state index >= 15 is 0 Å². The molecule has 2 heterocycles. The molecule has 1 amide bonds. The van der Waals surface area contributed by atoms with Crippen LogP contribution in [-0.4, -0.2) is 36.7 Å². The second kappa shape index (κ2) is 8.90. The fourth-order valence-corrected chi connectivity index (χ4v) is 2.72. The van der Waals surface area contributed by atoms with E-state index in [1.54, 1.807) is 11.3 Å². The SMILES string of the molecule is CC(C)(C)c1csc(CNC(=O)C2COCCN2)n1.Cl.Cl. The fraction of sp³-hybridized carbons (Fsp3) is 0.692. The van der Waals surface area contributed by atoms with E-state index in [1.807, 2.05) is 0 Å². The van der Waals surface area contributed by atoms with Gasteiger partial charge in [0.25, 0.3) is 0 Å². The van der Waals surface area contributed by atoms with Crippen molar-refractivity contribution in [3.8, 4) is 0 Å². The number of carbonyl (C=O) groups excluding carboxylic acids is 1. The molecule has 1 fully saturated rings. The van der Waals surface area contributed by atoms with E-state index in [-0.39, 0.29) is 42.2 Å². The number of nitrogens with one attached hydrogen (secondary N) is 2. The smallest absolute Gasteiger partial charge is 0.239 e. The molecule has 0 aromatic carbocycles. The Labute approximate surface area is 142 Å². The maximum atomic E-state index is 11.9. The number of thiazole rings is 1. The van der Waals surface area contributed by atoms with Gasteiger partial charge >= 0.3 is 0 Å². The van der Waals surface area contributed by atoms with Crippen molar-refractivity contribution in [1.29, 1.82) is 0 Å². The molecule has 0 aliphatic carbocycles. The van der Waals surface area contributed by atoms with Crippen molar-refractivity contribution in [3.63, 3.8) is 0 Å². The molecule has 21 heavy (non-hydrogen) atoms. The number of amides is 1. The summed E-state index contributed by atoms with van der Waals surface area (Å²) in [5.41, 5.74) is 1.12. The first kappa shape index (κ1) is 20.6. The summed E-state index contributed by atoms with van der Waals surface area (Å²) in [7, 11) is 0. The highest BCUT2D eigenvalue weighted by atomic mass is 35.5. The molecule has 1 aromatic heterocycles. The van der Waals surface area contributed by atoms with Gasteiger partial charge in [0, 0.05) is 17.3 Å². The highest BCUT2D eigenvalue weighted by Gasteiger charge is 2.21. The number of aromatic nitrogens is 1.